The highest BCUT2D eigenvalue weighted by Crippen LogP contribution is 2.35. The van der Waals surface area contributed by atoms with E-state index in [2.05, 4.69) is 10.00 Å². The van der Waals surface area contributed by atoms with Gasteiger partial charge in [-0.25, -0.2) is 0 Å². The van der Waals surface area contributed by atoms with Crippen molar-refractivity contribution in [3.8, 4) is 22.8 Å². The predicted octanol–water partition coefficient (Wildman–Crippen LogP) is 2.57. The van der Waals surface area contributed by atoms with Crippen LogP contribution in [0.15, 0.2) is 30.5 Å². The van der Waals surface area contributed by atoms with Gasteiger partial charge in [-0.2, -0.15) is 5.10 Å². The summed E-state index contributed by atoms with van der Waals surface area (Å²) >= 11 is 0. The summed E-state index contributed by atoms with van der Waals surface area (Å²) in [5.74, 6) is 1.53. The van der Waals surface area contributed by atoms with E-state index < -0.39 is 6.10 Å². The van der Waals surface area contributed by atoms with Crippen LogP contribution < -0.4 is 9.47 Å². The summed E-state index contributed by atoms with van der Waals surface area (Å²) in [6.45, 7) is 4.33. The average Bonchev–Trinajstić information content (AvgIpc) is 3.41. The van der Waals surface area contributed by atoms with E-state index in [1.165, 1.54) is 12.8 Å². The Bertz CT molecular complexity index is 782. The fourth-order valence-electron chi connectivity index (χ4n) is 4.09. The minimum absolute atomic E-state index is 0.270. The molecule has 2 heterocycles. The molecule has 1 N–H and O–H groups in total. The lowest BCUT2D eigenvalue weighted by Crippen LogP contribution is -2.42. The first-order valence-electron chi connectivity index (χ1n) is 10.6. The smallest absolute Gasteiger partial charge is 0.162 e. The lowest BCUT2D eigenvalue weighted by molar-refractivity contribution is 0.0108. The largest absolute Gasteiger partial charge is 0.493 e. The van der Waals surface area contributed by atoms with Crippen LogP contribution in [0.3, 0.4) is 0 Å². The Hall–Kier alpha value is -2.09. The van der Waals surface area contributed by atoms with Crippen LogP contribution >= 0.6 is 0 Å². The molecule has 1 saturated heterocycles. The maximum atomic E-state index is 10.4. The molecule has 0 amide bonds. The zero-order chi connectivity index (χ0) is 20.1. The van der Waals surface area contributed by atoms with Gasteiger partial charge in [-0.1, -0.05) is 0 Å². The summed E-state index contributed by atoms with van der Waals surface area (Å²) in [6, 6.07) is 7.92. The van der Waals surface area contributed by atoms with Gasteiger partial charge in [-0.3, -0.25) is 9.58 Å². The van der Waals surface area contributed by atoms with E-state index in [4.69, 9.17) is 14.2 Å². The summed E-state index contributed by atoms with van der Waals surface area (Å²) in [7, 11) is 1.67. The zero-order valence-corrected chi connectivity index (χ0v) is 17.1. The van der Waals surface area contributed by atoms with Crippen molar-refractivity contribution in [1.29, 1.82) is 0 Å². The number of ether oxygens (including phenoxy) is 3. The Morgan fingerprint density at radius 3 is 2.69 bits per heavy atom. The quantitative estimate of drug-likeness (QED) is 0.733. The van der Waals surface area contributed by atoms with Crippen molar-refractivity contribution in [2.45, 2.75) is 44.4 Å². The van der Waals surface area contributed by atoms with Gasteiger partial charge in [-0.15, -0.1) is 0 Å². The molecule has 2 fully saturated rings. The number of nitrogens with zero attached hydrogens (tertiary/aromatic N) is 3. The lowest BCUT2D eigenvalue weighted by atomic mass is 10.1. The van der Waals surface area contributed by atoms with E-state index in [1.54, 1.807) is 7.11 Å². The third-order valence-electron chi connectivity index (χ3n) is 5.67. The third kappa shape index (κ3) is 5.29. The molecular formula is C22H31N3O4. The maximum absolute atomic E-state index is 10.4. The minimum atomic E-state index is -0.460. The molecule has 158 valence electrons. The minimum Gasteiger partial charge on any atom is -0.493 e. The van der Waals surface area contributed by atoms with Crippen molar-refractivity contribution in [3.63, 3.8) is 0 Å². The summed E-state index contributed by atoms with van der Waals surface area (Å²) in [6.07, 6.45) is 6.38. The van der Waals surface area contributed by atoms with Gasteiger partial charge in [0, 0.05) is 31.4 Å². The van der Waals surface area contributed by atoms with Crippen LogP contribution in [0.1, 0.15) is 25.7 Å². The molecule has 4 rings (SSSR count). The molecule has 1 aliphatic carbocycles. The van der Waals surface area contributed by atoms with Gasteiger partial charge < -0.3 is 19.3 Å². The van der Waals surface area contributed by atoms with Gasteiger partial charge in [0.05, 0.1) is 44.8 Å². The lowest BCUT2D eigenvalue weighted by Gasteiger charge is -2.28. The van der Waals surface area contributed by atoms with Crippen molar-refractivity contribution in [1.82, 2.24) is 14.7 Å². The zero-order valence-electron chi connectivity index (χ0n) is 17.1. The van der Waals surface area contributed by atoms with E-state index in [0.717, 1.165) is 61.9 Å². The third-order valence-corrected chi connectivity index (χ3v) is 5.67. The first kappa shape index (κ1) is 20.2. The van der Waals surface area contributed by atoms with Gasteiger partial charge >= 0.3 is 0 Å². The van der Waals surface area contributed by atoms with Gasteiger partial charge in [0.1, 0.15) is 0 Å². The van der Waals surface area contributed by atoms with Crippen LogP contribution in [-0.2, 0) is 11.3 Å². The fourth-order valence-corrected chi connectivity index (χ4v) is 4.09. The Morgan fingerprint density at radius 2 is 1.93 bits per heavy atom. The molecule has 1 atom stereocenters. The fraction of sp³-hybridized carbons (Fsp3) is 0.591. The number of rotatable bonds is 8. The second-order valence-electron chi connectivity index (χ2n) is 7.88. The Morgan fingerprint density at radius 1 is 1.14 bits per heavy atom. The molecule has 2 aliphatic rings. The molecule has 0 spiro atoms. The van der Waals surface area contributed by atoms with E-state index in [9.17, 15) is 5.11 Å². The van der Waals surface area contributed by atoms with Crippen molar-refractivity contribution in [2.75, 3.05) is 40.0 Å². The number of hydrogen-bond donors (Lipinski definition) is 1. The number of aromatic nitrogens is 2. The normalized spacial score (nSPS) is 19.4. The van der Waals surface area contributed by atoms with Crippen LogP contribution in [0.25, 0.3) is 11.3 Å². The Labute approximate surface area is 172 Å². The second kappa shape index (κ2) is 9.61. The summed E-state index contributed by atoms with van der Waals surface area (Å²) < 4.78 is 18.8. The molecular weight excluding hydrogens is 370 g/mol. The van der Waals surface area contributed by atoms with Gasteiger partial charge in [-0.05, 0) is 49.9 Å². The SMILES string of the molecule is COc1ccc(-c2ccn(C[C@@H](O)CN3CCOCC3)n2)cc1OC1CCCC1. The molecule has 7 nitrogen and oxygen atoms in total. The summed E-state index contributed by atoms with van der Waals surface area (Å²) in [5.41, 5.74) is 1.85. The molecule has 29 heavy (non-hydrogen) atoms. The van der Waals surface area contributed by atoms with Crippen LogP contribution in [0, 0.1) is 0 Å². The first-order chi connectivity index (χ1) is 14.2. The number of β-amino-alcohol motifs (C(OH)–C–C–N with tert-alkyl or cyclic N) is 1. The summed E-state index contributed by atoms with van der Waals surface area (Å²) in [5, 5.41) is 15.1. The molecule has 7 heteroatoms. The number of aliphatic hydroxyl groups is 1. The second-order valence-corrected chi connectivity index (χ2v) is 7.88. The summed E-state index contributed by atoms with van der Waals surface area (Å²) in [4.78, 5) is 2.23. The van der Waals surface area contributed by atoms with Crippen LogP contribution in [-0.4, -0.2) is 72.0 Å². The van der Waals surface area contributed by atoms with Crippen molar-refractivity contribution >= 4 is 0 Å². The molecule has 0 unspecified atom stereocenters. The highest BCUT2D eigenvalue weighted by molar-refractivity contribution is 5.63. The Kier molecular flexibility index (Phi) is 6.69. The van der Waals surface area contributed by atoms with Crippen LogP contribution in [0.4, 0.5) is 0 Å². The topological polar surface area (TPSA) is 69.0 Å². The average molecular weight is 402 g/mol. The molecule has 1 aromatic carbocycles. The van der Waals surface area contributed by atoms with Crippen LogP contribution in [0.2, 0.25) is 0 Å². The van der Waals surface area contributed by atoms with Crippen molar-refractivity contribution < 1.29 is 19.3 Å². The van der Waals surface area contributed by atoms with E-state index in [0.29, 0.717) is 13.1 Å². The highest BCUT2D eigenvalue weighted by atomic mass is 16.5. The molecule has 0 radical (unpaired) electrons. The molecule has 1 aromatic heterocycles. The number of methoxy groups -OCH3 is 1. The van der Waals surface area contributed by atoms with Gasteiger partial charge in [0.2, 0.25) is 0 Å². The van der Waals surface area contributed by atoms with Crippen molar-refractivity contribution in [3.05, 3.63) is 30.5 Å². The monoisotopic (exact) mass is 401 g/mol. The molecule has 2 aromatic rings. The molecule has 1 aliphatic heterocycles. The predicted molar refractivity (Wildman–Crippen MR) is 110 cm³/mol. The maximum Gasteiger partial charge on any atom is 0.162 e. The standard InChI is InChI=1S/C22H31N3O4/c1-27-21-7-6-17(14-22(21)29-19-4-2-3-5-19)20-8-9-25(23-20)16-18(26)15-24-10-12-28-13-11-24/h6-9,14,18-19,26H,2-5,10-13,15-16H2,1H3/t18-/m0/s1. The molecule has 1 saturated carbocycles. The van der Waals surface area contributed by atoms with E-state index in [-0.39, 0.29) is 6.10 Å². The van der Waals surface area contributed by atoms with Gasteiger partial charge in [0.25, 0.3) is 0 Å². The highest BCUT2D eigenvalue weighted by Gasteiger charge is 2.20. The number of morpholine rings is 1. The van der Waals surface area contributed by atoms with E-state index in [1.807, 2.05) is 35.1 Å². The van der Waals surface area contributed by atoms with E-state index >= 15 is 0 Å². The first-order valence-corrected chi connectivity index (χ1v) is 10.6. The Balaban J connectivity index is 1.41. The van der Waals surface area contributed by atoms with Gasteiger partial charge in [0.15, 0.2) is 11.5 Å². The number of hydrogen-bond acceptors (Lipinski definition) is 6. The van der Waals surface area contributed by atoms with Crippen molar-refractivity contribution in [2.24, 2.45) is 0 Å². The molecule has 0 bridgehead atoms. The number of aliphatic hydroxyl groups excluding tert-OH is 1. The number of benzene rings is 1. The van der Waals surface area contributed by atoms with Crippen LogP contribution in [0.5, 0.6) is 11.5 Å².